The first kappa shape index (κ1) is 36.3. The van der Waals surface area contributed by atoms with Crippen molar-refractivity contribution in [2.24, 2.45) is 22.2 Å². The third-order valence-electron chi connectivity index (χ3n) is 6.95. The average molecular weight is 634 g/mol. The molecule has 17 heteroatoms. The van der Waals surface area contributed by atoms with Gasteiger partial charge in [0.15, 0.2) is 5.96 Å². The maximum atomic E-state index is 13.7. The van der Waals surface area contributed by atoms with Gasteiger partial charge in [-0.1, -0.05) is 12.1 Å². The highest BCUT2D eigenvalue weighted by molar-refractivity contribution is 5.98. The van der Waals surface area contributed by atoms with Crippen molar-refractivity contribution in [3.05, 3.63) is 29.3 Å². The van der Waals surface area contributed by atoms with Gasteiger partial charge in [0, 0.05) is 13.0 Å². The predicted octanol–water partition coefficient (Wildman–Crippen LogP) is -3.03. The summed E-state index contributed by atoms with van der Waals surface area (Å²) in [4.78, 5) is 81.5. The average Bonchev–Trinajstić information content (AvgIpc) is 2.97. The van der Waals surface area contributed by atoms with Crippen LogP contribution in [0, 0.1) is 6.92 Å². The largest absolute Gasteiger partial charge is 0.508 e. The first-order chi connectivity index (χ1) is 21.3. The number of aromatic hydroxyl groups is 1. The van der Waals surface area contributed by atoms with Crippen LogP contribution in [-0.4, -0.2) is 95.5 Å². The lowest BCUT2D eigenvalue weighted by Crippen LogP contribution is -2.58. The highest BCUT2D eigenvalue weighted by Gasteiger charge is 2.33. The third kappa shape index (κ3) is 12.7. The Balaban J connectivity index is 2.48. The standard InChI is InChI=1S/C28H43N9O8/c1-15-11-16(7-8-21(15)38)12-19-26(44)36-18(5-2-3-9-29)25(43)35-17(6-4-10-32-28(30)31)24(42)33-14-22(39)34-20(13-23(40)41)27(45)37-19/h7-8,11,17-20,38H,2-6,9-10,12-14,29H2,1H3,(H,33,42)(H,34,39)(H,35,43)(H,36,44)(H,37,45)(H,40,41)(H4,30,31,32)/t17-,18-,19+,20+/m0/s1. The van der Waals surface area contributed by atoms with Gasteiger partial charge in [-0.3, -0.25) is 33.8 Å². The molecule has 1 heterocycles. The predicted molar refractivity (Wildman–Crippen MR) is 162 cm³/mol. The summed E-state index contributed by atoms with van der Waals surface area (Å²) in [6.07, 6.45) is 0.579. The van der Waals surface area contributed by atoms with Gasteiger partial charge in [-0.2, -0.15) is 0 Å². The Hall–Kier alpha value is -4.93. The minimum absolute atomic E-state index is 0.0196. The van der Waals surface area contributed by atoms with Crippen LogP contribution in [-0.2, 0) is 35.2 Å². The van der Waals surface area contributed by atoms with E-state index < -0.39 is 72.6 Å². The summed E-state index contributed by atoms with van der Waals surface area (Å²) in [5.74, 6) is -5.56. The van der Waals surface area contributed by atoms with E-state index >= 15 is 0 Å². The third-order valence-corrected chi connectivity index (χ3v) is 6.95. The quantitative estimate of drug-likeness (QED) is 0.0627. The number of nitrogens with zero attached hydrogens (tertiary/aromatic N) is 1. The molecule has 0 saturated carbocycles. The lowest BCUT2D eigenvalue weighted by Gasteiger charge is -2.26. The normalized spacial score (nSPS) is 21.6. The second-order valence-corrected chi connectivity index (χ2v) is 10.7. The van der Waals surface area contributed by atoms with Crippen LogP contribution >= 0.6 is 0 Å². The van der Waals surface area contributed by atoms with Crippen LogP contribution in [0.2, 0.25) is 0 Å². The van der Waals surface area contributed by atoms with Crippen LogP contribution in [0.5, 0.6) is 5.75 Å². The van der Waals surface area contributed by atoms with E-state index in [9.17, 15) is 39.0 Å². The van der Waals surface area contributed by atoms with Gasteiger partial charge >= 0.3 is 5.97 Å². The van der Waals surface area contributed by atoms with Gasteiger partial charge < -0.3 is 54.0 Å². The maximum absolute atomic E-state index is 13.7. The van der Waals surface area contributed by atoms with Crippen LogP contribution in [0.4, 0.5) is 0 Å². The van der Waals surface area contributed by atoms with Gasteiger partial charge in [-0.25, -0.2) is 0 Å². The number of hydrogen-bond donors (Lipinski definition) is 10. The number of nitrogens with two attached hydrogens (primary N) is 3. The maximum Gasteiger partial charge on any atom is 0.305 e. The van der Waals surface area contributed by atoms with E-state index in [0.29, 0.717) is 30.5 Å². The van der Waals surface area contributed by atoms with Crippen molar-refractivity contribution < 1.29 is 39.0 Å². The number of carboxylic acid groups (broad SMARTS) is 1. The Morgan fingerprint density at radius 2 is 1.47 bits per heavy atom. The van der Waals surface area contributed by atoms with Crippen molar-refractivity contribution in [1.29, 1.82) is 0 Å². The molecule has 0 spiro atoms. The summed E-state index contributed by atoms with van der Waals surface area (Å²) in [5.41, 5.74) is 17.4. The van der Waals surface area contributed by atoms with Crippen LogP contribution in [0.15, 0.2) is 23.2 Å². The molecular weight excluding hydrogens is 590 g/mol. The zero-order valence-electron chi connectivity index (χ0n) is 25.1. The van der Waals surface area contributed by atoms with Gasteiger partial charge in [0.25, 0.3) is 0 Å². The molecule has 0 radical (unpaired) electrons. The molecule has 0 bridgehead atoms. The molecule has 1 aliphatic rings. The number of aliphatic carboxylic acids is 1. The molecule has 45 heavy (non-hydrogen) atoms. The van der Waals surface area contributed by atoms with Gasteiger partial charge in [0.1, 0.15) is 29.9 Å². The number of aryl methyl sites for hydroxylation is 1. The van der Waals surface area contributed by atoms with E-state index in [1.165, 1.54) is 6.07 Å². The van der Waals surface area contributed by atoms with Gasteiger partial charge in [0.05, 0.1) is 13.0 Å². The Bertz CT molecular complexity index is 1270. The SMILES string of the molecule is Cc1cc(C[C@H]2NC(=O)[C@@H](CC(=O)O)NC(=O)CNC(=O)[C@H](CCCN=C(N)N)NC(=O)[C@H](CCCCN)NC2=O)ccc1O. The molecule has 17 nitrogen and oxygen atoms in total. The fraction of sp³-hybridized carbons (Fsp3) is 0.536. The van der Waals surface area contributed by atoms with E-state index in [4.69, 9.17) is 17.2 Å². The Morgan fingerprint density at radius 1 is 0.867 bits per heavy atom. The zero-order chi connectivity index (χ0) is 33.5. The number of carbonyl (C=O) groups is 6. The molecule has 1 fully saturated rings. The van der Waals surface area contributed by atoms with Crippen molar-refractivity contribution in [2.45, 2.75) is 76.0 Å². The van der Waals surface area contributed by atoms with Crippen LogP contribution in [0.1, 0.15) is 49.7 Å². The Kier molecular flexibility index (Phi) is 14.5. The molecule has 4 atom stereocenters. The number of carbonyl (C=O) groups excluding carboxylic acids is 5. The van der Waals surface area contributed by atoms with E-state index in [0.717, 1.165) is 0 Å². The number of aliphatic imine (C=N–C) groups is 1. The second kappa shape index (κ2) is 18.0. The smallest absolute Gasteiger partial charge is 0.305 e. The number of benzene rings is 1. The van der Waals surface area contributed by atoms with Crippen LogP contribution in [0.25, 0.3) is 0 Å². The fourth-order valence-electron chi connectivity index (χ4n) is 4.56. The molecule has 1 saturated heterocycles. The zero-order valence-corrected chi connectivity index (χ0v) is 25.1. The van der Waals surface area contributed by atoms with Gasteiger partial charge in [-0.05, 0) is 62.8 Å². The van der Waals surface area contributed by atoms with Crippen LogP contribution < -0.4 is 43.8 Å². The monoisotopic (exact) mass is 633 g/mol. The number of phenols is 1. The highest BCUT2D eigenvalue weighted by atomic mass is 16.4. The molecule has 2 rings (SSSR count). The van der Waals surface area contributed by atoms with Crippen molar-refractivity contribution in [3.63, 3.8) is 0 Å². The van der Waals surface area contributed by atoms with Crippen molar-refractivity contribution in [2.75, 3.05) is 19.6 Å². The highest BCUT2D eigenvalue weighted by Crippen LogP contribution is 2.18. The molecule has 1 aromatic carbocycles. The summed E-state index contributed by atoms with van der Waals surface area (Å²) in [5, 5.41) is 31.7. The lowest BCUT2D eigenvalue weighted by molar-refractivity contribution is -0.141. The molecule has 0 aromatic heterocycles. The van der Waals surface area contributed by atoms with E-state index in [1.807, 2.05) is 0 Å². The number of guanidine groups is 1. The number of rotatable bonds is 12. The van der Waals surface area contributed by atoms with E-state index in [1.54, 1.807) is 19.1 Å². The number of hydrogen-bond acceptors (Lipinski definition) is 9. The van der Waals surface area contributed by atoms with Crippen molar-refractivity contribution in [3.8, 4) is 5.75 Å². The minimum Gasteiger partial charge on any atom is -0.508 e. The lowest BCUT2D eigenvalue weighted by atomic mass is 10.0. The first-order valence-corrected chi connectivity index (χ1v) is 14.5. The number of phenolic OH excluding ortho intramolecular Hbond substituents is 1. The number of unbranched alkanes of at least 4 members (excludes halogenated alkanes) is 1. The molecule has 13 N–H and O–H groups in total. The molecular formula is C28H43N9O8. The number of nitrogens with one attached hydrogen (secondary N) is 5. The summed E-state index contributed by atoms with van der Waals surface area (Å²) in [6, 6.07) is -0.629. The summed E-state index contributed by atoms with van der Waals surface area (Å²) in [6.45, 7) is 1.51. The summed E-state index contributed by atoms with van der Waals surface area (Å²) in [7, 11) is 0. The van der Waals surface area contributed by atoms with Crippen molar-refractivity contribution in [1.82, 2.24) is 26.6 Å². The molecule has 0 aliphatic carbocycles. The second-order valence-electron chi connectivity index (χ2n) is 10.7. The first-order valence-electron chi connectivity index (χ1n) is 14.5. The van der Waals surface area contributed by atoms with Gasteiger partial charge in [0.2, 0.25) is 29.5 Å². The Morgan fingerprint density at radius 3 is 2.09 bits per heavy atom. The van der Waals surface area contributed by atoms with E-state index in [2.05, 4.69) is 31.6 Å². The number of carboxylic acids is 1. The molecule has 1 aliphatic heterocycles. The van der Waals surface area contributed by atoms with Crippen molar-refractivity contribution >= 4 is 41.5 Å². The topological polar surface area (TPSA) is 293 Å². The minimum atomic E-state index is -1.59. The van der Waals surface area contributed by atoms with Gasteiger partial charge in [-0.15, -0.1) is 0 Å². The number of amides is 5. The molecule has 248 valence electrons. The molecule has 5 amide bonds. The fourth-order valence-corrected chi connectivity index (χ4v) is 4.56. The molecule has 1 aromatic rings. The molecule has 0 unspecified atom stereocenters. The Labute approximate surface area is 260 Å². The summed E-state index contributed by atoms with van der Waals surface area (Å²) < 4.78 is 0. The van der Waals surface area contributed by atoms with Crippen LogP contribution in [0.3, 0.4) is 0 Å². The van der Waals surface area contributed by atoms with E-state index in [-0.39, 0.29) is 43.9 Å². The summed E-state index contributed by atoms with van der Waals surface area (Å²) >= 11 is 0.